The standard InChI is InChI=1S/C15H28N2O4/c1-14(2,12(19)20)15(3,4)16-13(21)17(9-6-10-18)11-7-5-8-11/h11,18H,5-10H2,1-4H3,(H,16,21)(H,19,20). The Morgan fingerprint density at radius 2 is 1.81 bits per heavy atom. The Balaban J connectivity index is 2.77. The molecule has 0 aromatic heterocycles. The molecule has 21 heavy (non-hydrogen) atoms. The number of rotatable bonds is 7. The van der Waals surface area contributed by atoms with Gasteiger partial charge in [0, 0.05) is 19.2 Å². The van der Waals surface area contributed by atoms with Crippen LogP contribution in [0.1, 0.15) is 53.4 Å². The summed E-state index contributed by atoms with van der Waals surface area (Å²) in [6.45, 7) is 7.21. The maximum atomic E-state index is 12.5. The molecule has 0 heterocycles. The summed E-state index contributed by atoms with van der Waals surface area (Å²) in [5, 5.41) is 21.2. The second-order valence-corrected chi connectivity index (χ2v) is 6.84. The Hall–Kier alpha value is -1.30. The van der Waals surface area contributed by atoms with Crippen molar-refractivity contribution in [1.29, 1.82) is 0 Å². The molecule has 0 unspecified atom stereocenters. The average Bonchev–Trinajstić information content (AvgIpc) is 2.30. The van der Waals surface area contributed by atoms with Gasteiger partial charge in [-0.2, -0.15) is 0 Å². The predicted octanol–water partition coefficient (Wildman–Crippen LogP) is 1.82. The highest BCUT2D eigenvalue weighted by Crippen LogP contribution is 2.32. The molecule has 2 amide bonds. The van der Waals surface area contributed by atoms with E-state index in [9.17, 15) is 14.7 Å². The van der Waals surface area contributed by atoms with Gasteiger partial charge >= 0.3 is 12.0 Å². The van der Waals surface area contributed by atoms with Crippen LogP contribution in [0.25, 0.3) is 0 Å². The summed E-state index contributed by atoms with van der Waals surface area (Å²) >= 11 is 0. The van der Waals surface area contributed by atoms with Crippen molar-refractivity contribution in [3.8, 4) is 0 Å². The Morgan fingerprint density at radius 3 is 2.19 bits per heavy atom. The van der Waals surface area contributed by atoms with Gasteiger partial charge in [-0.3, -0.25) is 4.79 Å². The van der Waals surface area contributed by atoms with Crippen LogP contribution in [-0.2, 0) is 4.79 Å². The van der Waals surface area contributed by atoms with Crippen molar-refractivity contribution in [2.75, 3.05) is 13.2 Å². The summed E-state index contributed by atoms with van der Waals surface area (Å²) in [4.78, 5) is 25.6. The third-order valence-electron chi connectivity index (χ3n) is 4.85. The monoisotopic (exact) mass is 300 g/mol. The van der Waals surface area contributed by atoms with Crippen molar-refractivity contribution < 1.29 is 19.8 Å². The van der Waals surface area contributed by atoms with E-state index in [1.54, 1.807) is 32.6 Å². The number of aliphatic hydroxyl groups is 1. The molecule has 1 saturated carbocycles. The van der Waals surface area contributed by atoms with Gasteiger partial charge in [0.25, 0.3) is 0 Å². The molecule has 0 bridgehead atoms. The summed E-state index contributed by atoms with van der Waals surface area (Å²) in [5.74, 6) is -0.946. The van der Waals surface area contributed by atoms with Gasteiger partial charge in [0.1, 0.15) is 0 Å². The quantitative estimate of drug-likeness (QED) is 0.669. The number of aliphatic hydroxyl groups excluding tert-OH is 1. The van der Waals surface area contributed by atoms with Gasteiger partial charge in [-0.05, 0) is 53.4 Å². The predicted molar refractivity (Wildman–Crippen MR) is 80.1 cm³/mol. The summed E-state index contributed by atoms with van der Waals surface area (Å²) in [6.07, 6.45) is 3.59. The third kappa shape index (κ3) is 3.87. The van der Waals surface area contributed by atoms with Crippen LogP contribution in [0.4, 0.5) is 4.79 Å². The summed E-state index contributed by atoms with van der Waals surface area (Å²) < 4.78 is 0. The smallest absolute Gasteiger partial charge is 0.318 e. The summed E-state index contributed by atoms with van der Waals surface area (Å²) in [6, 6.07) is -0.0345. The second-order valence-electron chi connectivity index (χ2n) is 6.84. The lowest BCUT2D eigenvalue weighted by Gasteiger charge is -2.43. The molecule has 1 aliphatic carbocycles. The van der Waals surface area contributed by atoms with Crippen molar-refractivity contribution in [2.45, 2.75) is 65.0 Å². The van der Waals surface area contributed by atoms with Gasteiger partial charge in [-0.25, -0.2) is 4.79 Å². The van der Waals surface area contributed by atoms with Gasteiger partial charge < -0.3 is 20.4 Å². The number of carbonyl (C=O) groups is 2. The molecule has 0 atom stereocenters. The van der Waals surface area contributed by atoms with Crippen LogP contribution < -0.4 is 5.32 Å². The molecular weight excluding hydrogens is 272 g/mol. The van der Waals surface area contributed by atoms with Gasteiger partial charge in [-0.15, -0.1) is 0 Å². The summed E-state index contributed by atoms with van der Waals surface area (Å²) in [7, 11) is 0. The van der Waals surface area contributed by atoms with Crippen LogP contribution in [0, 0.1) is 5.41 Å². The zero-order chi connectivity index (χ0) is 16.3. The number of nitrogens with one attached hydrogen (secondary N) is 1. The number of amides is 2. The average molecular weight is 300 g/mol. The maximum absolute atomic E-state index is 12.5. The van der Waals surface area contributed by atoms with Gasteiger partial charge in [-0.1, -0.05) is 0 Å². The fraction of sp³-hybridized carbons (Fsp3) is 0.867. The first-order chi connectivity index (χ1) is 9.63. The van der Waals surface area contributed by atoms with E-state index >= 15 is 0 Å². The minimum atomic E-state index is -1.08. The topological polar surface area (TPSA) is 89.9 Å². The highest BCUT2D eigenvalue weighted by Gasteiger charge is 2.45. The molecule has 122 valence electrons. The fourth-order valence-electron chi connectivity index (χ4n) is 2.15. The molecule has 0 radical (unpaired) electrons. The normalized spacial score (nSPS) is 16.2. The Labute approximate surface area is 126 Å². The largest absolute Gasteiger partial charge is 0.481 e. The number of hydrogen-bond acceptors (Lipinski definition) is 3. The number of aliphatic carboxylic acids is 1. The lowest BCUT2D eigenvalue weighted by molar-refractivity contribution is -0.150. The van der Waals surface area contributed by atoms with Crippen LogP contribution in [0.15, 0.2) is 0 Å². The maximum Gasteiger partial charge on any atom is 0.318 e. The molecule has 3 N–H and O–H groups in total. The van der Waals surface area contributed by atoms with Crippen LogP contribution in [-0.4, -0.2) is 51.8 Å². The molecular formula is C15H28N2O4. The van der Waals surface area contributed by atoms with E-state index < -0.39 is 16.9 Å². The van der Waals surface area contributed by atoms with E-state index in [1.165, 1.54) is 0 Å². The fourth-order valence-corrected chi connectivity index (χ4v) is 2.15. The molecule has 0 saturated heterocycles. The van der Waals surface area contributed by atoms with Crippen LogP contribution in [0.3, 0.4) is 0 Å². The molecule has 1 fully saturated rings. The first kappa shape index (κ1) is 17.8. The number of carbonyl (C=O) groups excluding carboxylic acids is 1. The van der Waals surface area contributed by atoms with Gasteiger partial charge in [0.05, 0.1) is 11.0 Å². The van der Waals surface area contributed by atoms with Crippen molar-refractivity contribution in [3.63, 3.8) is 0 Å². The molecule has 6 nitrogen and oxygen atoms in total. The SMILES string of the molecule is CC(C)(NC(=O)N(CCCO)C1CCC1)C(C)(C)C(=O)O. The van der Waals surface area contributed by atoms with Crippen molar-refractivity contribution in [2.24, 2.45) is 5.41 Å². The first-order valence-corrected chi connectivity index (χ1v) is 7.56. The van der Waals surface area contributed by atoms with Crippen molar-refractivity contribution in [1.82, 2.24) is 10.2 Å². The lowest BCUT2D eigenvalue weighted by atomic mass is 9.74. The number of nitrogens with zero attached hydrogens (tertiary/aromatic N) is 1. The van der Waals surface area contributed by atoms with E-state index in [-0.39, 0.29) is 18.7 Å². The van der Waals surface area contributed by atoms with Gasteiger partial charge in [0.15, 0.2) is 0 Å². The van der Waals surface area contributed by atoms with Crippen molar-refractivity contribution >= 4 is 12.0 Å². The molecule has 0 aromatic rings. The third-order valence-corrected chi connectivity index (χ3v) is 4.85. The molecule has 0 spiro atoms. The van der Waals surface area contributed by atoms with Crippen LogP contribution >= 0.6 is 0 Å². The molecule has 1 rings (SSSR count). The van der Waals surface area contributed by atoms with Crippen molar-refractivity contribution in [3.05, 3.63) is 0 Å². The molecule has 1 aliphatic rings. The Kier molecular flexibility index (Phi) is 5.61. The van der Waals surface area contributed by atoms with E-state index in [0.717, 1.165) is 19.3 Å². The van der Waals surface area contributed by atoms with Crippen LogP contribution in [0.2, 0.25) is 0 Å². The highest BCUT2D eigenvalue weighted by molar-refractivity contribution is 5.80. The van der Waals surface area contributed by atoms with E-state index in [2.05, 4.69) is 5.32 Å². The van der Waals surface area contributed by atoms with E-state index in [0.29, 0.717) is 13.0 Å². The number of hydrogen-bond donors (Lipinski definition) is 3. The first-order valence-electron chi connectivity index (χ1n) is 7.56. The number of carboxylic acids is 1. The highest BCUT2D eigenvalue weighted by atomic mass is 16.4. The van der Waals surface area contributed by atoms with E-state index in [4.69, 9.17) is 5.11 Å². The molecule has 0 aliphatic heterocycles. The number of carboxylic acid groups (broad SMARTS) is 1. The Bertz CT molecular complexity index is 389. The zero-order valence-electron chi connectivity index (χ0n) is 13.5. The second kappa shape index (κ2) is 6.64. The zero-order valence-corrected chi connectivity index (χ0v) is 13.5. The molecule has 0 aromatic carbocycles. The molecule has 6 heteroatoms. The Morgan fingerprint density at radius 1 is 1.24 bits per heavy atom. The summed E-state index contributed by atoms with van der Waals surface area (Å²) in [5.41, 5.74) is -1.96. The van der Waals surface area contributed by atoms with Gasteiger partial charge in [0.2, 0.25) is 0 Å². The lowest BCUT2D eigenvalue weighted by Crippen LogP contribution is -2.61. The van der Waals surface area contributed by atoms with Crippen LogP contribution in [0.5, 0.6) is 0 Å². The minimum Gasteiger partial charge on any atom is -0.481 e. The minimum absolute atomic E-state index is 0.0422. The number of urea groups is 1. The van der Waals surface area contributed by atoms with E-state index in [1.807, 2.05) is 0 Å².